The molecule has 1 aliphatic carbocycles. The summed E-state index contributed by atoms with van der Waals surface area (Å²) in [7, 11) is 0. The molecule has 4 rings (SSSR count). The molecule has 0 saturated carbocycles. The van der Waals surface area contributed by atoms with E-state index in [1.807, 2.05) is 6.92 Å². The van der Waals surface area contributed by atoms with Gasteiger partial charge in [0, 0.05) is 4.88 Å². The Balaban J connectivity index is 1.45. The smallest absolute Gasteiger partial charge is 0.262 e. The van der Waals surface area contributed by atoms with Gasteiger partial charge in [-0.25, -0.2) is 4.98 Å². The van der Waals surface area contributed by atoms with E-state index in [-0.39, 0.29) is 24.1 Å². The van der Waals surface area contributed by atoms with Crippen LogP contribution < -0.4 is 10.9 Å². The fraction of sp³-hybridized carbons (Fsp3) is 0.435. The van der Waals surface area contributed by atoms with E-state index in [9.17, 15) is 9.59 Å². The Hall–Kier alpha value is -2.47. The molecule has 0 unspecified atom stereocenters. The van der Waals surface area contributed by atoms with Crippen LogP contribution >= 0.6 is 11.3 Å². The van der Waals surface area contributed by atoms with Gasteiger partial charge in [-0.1, -0.05) is 38.1 Å². The Morgan fingerprint density at radius 1 is 1.21 bits per heavy atom. The van der Waals surface area contributed by atoms with E-state index in [0.717, 1.165) is 41.6 Å². The molecule has 6 heteroatoms. The summed E-state index contributed by atoms with van der Waals surface area (Å²) in [5.41, 5.74) is 3.40. The summed E-state index contributed by atoms with van der Waals surface area (Å²) in [6, 6.07) is 8.26. The second-order valence-electron chi connectivity index (χ2n) is 8.34. The van der Waals surface area contributed by atoms with Crippen molar-refractivity contribution in [3.8, 4) is 0 Å². The molecule has 5 nitrogen and oxygen atoms in total. The van der Waals surface area contributed by atoms with E-state index >= 15 is 0 Å². The van der Waals surface area contributed by atoms with E-state index in [2.05, 4.69) is 48.4 Å². The lowest BCUT2D eigenvalue weighted by molar-refractivity contribution is -0.122. The summed E-state index contributed by atoms with van der Waals surface area (Å²) in [5, 5.41) is 3.72. The fourth-order valence-corrected chi connectivity index (χ4v) is 5.29. The first-order valence-electron chi connectivity index (χ1n) is 10.3. The largest absolute Gasteiger partial charge is 0.348 e. The number of aryl methyl sites for hydroxylation is 2. The van der Waals surface area contributed by atoms with Crippen LogP contribution in [0, 0.1) is 5.92 Å². The van der Waals surface area contributed by atoms with Crippen LogP contribution in [0.4, 0.5) is 0 Å². The topological polar surface area (TPSA) is 64.0 Å². The van der Waals surface area contributed by atoms with E-state index in [0.29, 0.717) is 11.3 Å². The molecule has 0 bridgehead atoms. The molecule has 1 aromatic carbocycles. The molecule has 2 heterocycles. The Kier molecular flexibility index (Phi) is 5.54. The van der Waals surface area contributed by atoms with Gasteiger partial charge in [0.25, 0.3) is 5.56 Å². The molecule has 1 N–H and O–H groups in total. The van der Waals surface area contributed by atoms with E-state index < -0.39 is 0 Å². The number of fused-ring (bicyclic) bond motifs is 3. The third-order valence-corrected chi connectivity index (χ3v) is 6.71. The Labute approximate surface area is 174 Å². The molecule has 0 spiro atoms. The van der Waals surface area contributed by atoms with Gasteiger partial charge in [-0.05, 0) is 55.2 Å². The lowest BCUT2D eigenvalue weighted by atomic mass is 10.00. The maximum Gasteiger partial charge on any atom is 0.262 e. The van der Waals surface area contributed by atoms with Gasteiger partial charge in [-0.2, -0.15) is 0 Å². The molecule has 1 amide bonds. The maximum atomic E-state index is 12.9. The molecule has 29 heavy (non-hydrogen) atoms. The van der Waals surface area contributed by atoms with E-state index in [1.54, 1.807) is 11.3 Å². The minimum atomic E-state index is -0.182. The molecule has 0 fully saturated rings. The monoisotopic (exact) mass is 409 g/mol. The molecule has 3 aromatic rings. The molecule has 1 atom stereocenters. The van der Waals surface area contributed by atoms with Crippen LogP contribution in [-0.4, -0.2) is 15.5 Å². The summed E-state index contributed by atoms with van der Waals surface area (Å²) in [4.78, 5) is 32.0. The van der Waals surface area contributed by atoms with Crippen LogP contribution in [-0.2, 0) is 30.6 Å². The van der Waals surface area contributed by atoms with Gasteiger partial charge >= 0.3 is 0 Å². The van der Waals surface area contributed by atoms with E-state index in [4.69, 9.17) is 0 Å². The van der Waals surface area contributed by atoms with Crippen molar-refractivity contribution in [1.29, 1.82) is 0 Å². The van der Waals surface area contributed by atoms with Crippen LogP contribution in [0.2, 0.25) is 0 Å². The Morgan fingerprint density at radius 2 is 1.97 bits per heavy atom. The molecular weight excluding hydrogens is 382 g/mol. The maximum absolute atomic E-state index is 12.9. The van der Waals surface area contributed by atoms with Crippen molar-refractivity contribution in [2.45, 2.75) is 59.0 Å². The van der Waals surface area contributed by atoms with Gasteiger partial charge < -0.3 is 5.32 Å². The number of carbonyl (C=O) groups is 1. The summed E-state index contributed by atoms with van der Waals surface area (Å²) in [6.07, 6.45) is 5.61. The zero-order valence-electron chi connectivity index (χ0n) is 17.2. The normalized spacial score (nSPS) is 14.3. The molecule has 0 radical (unpaired) electrons. The molecule has 2 aromatic heterocycles. The average molecular weight is 410 g/mol. The summed E-state index contributed by atoms with van der Waals surface area (Å²) < 4.78 is 1.43. The number of rotatable bonds is 6. The Morgan fingerprint density at radius 3 is 2.69 bits per heavy atom. The van der Waals surface area contributed by atoms with Crippen LogP contribution in [0.15, 0.2) is 35.4 Å². The number of amides is 1. The predicted molar refractivity (Wildman–Crippen MR) is 117 cm³/mol. The highest BCUT2D eigenvalue weighted by molar-refractivity contribution is 7.18. The van der Waals surface area contributed by atoms with E-state index in [1.165, 1.54) is 21.3 Å². The SMILES string of the molecule is CC(C)Cc1ccc([C@H](C)NC(=O)Cn2cnc3sc4c(c3c2=O)CCC4)cc1. The molecule has 0 aliphatic heterocycles. The first kappa shape index (κ1) is 19.8. The van der Waals surface area contributed by atoms with Crippen molar-refractivity contribution in [2.75, 3.05) is 0 Å². The predicted octanol–water partition coefficient (Wildman–Crippen LogP) is 4.02. The number of hydrogen-bond acceptors (Lipinski definition) is 4. The number of carbonyl (C=O) groups excluding carboxylic acids is 1. The molecule has 0 saturated heterocycles. The van der Waals surface area contributed by atoms with Crippen molar-refractivity contribution in [2.24, 2.45) is 5.92 Å². The zero-order chi connectivity index (χ0) is 20.5. The summed E-state index contributed by atoms with van der Waals surface area (Å²) in [6.45, 7) is 6.36. The third-order valence-electron chi connectivity index (χ3n) is 5.51. The average Bonchev–Trinajstić information content (AvgIpc) is 3.25. The van der Waals surface area contributed by atoms with Gasteiger partial charge in [-0.3, -0.25) is 14.2 Å². The van der Waals surface area contributed by atoms with Gasteiger partial charge in [0.15, 0.2) is 0 Å². The molecule has 152 valence electrons. The van der Waals surface area contributed by atoms with Gasteiger partial charge in [0.1, 0.15) is 11.4 Å². The highest BCUT2D eigenvalue weighted by atomic mass is 32.1. The lowest BCUT2D eigenvalue weighted by Crippen LogP contribution is -2.34. The quantitative estimate of drug-likeness (QED) is 0.669. The highest BCUT2D eigenvalue weighted by Crippen LogP contribution is 2.34. The third kappa shape index (κ3) is 4.13. The zero-order valence-corrected chi connectivity index (χ0v) is 18.0. The van der Waals surface area contributed by atoms with Crippen molar-refractivity contribution >= 4 is 27.5 Å². The Bertz CT molecular complexity index is 1100. The van der Waals surface area contributed by atoms with Gasteiger partial charge in [-0.15, -0.1) is 11.3 Å². The molecular formula is C23H27N3O2S. The van der Waals surface area contributed by atoms with Crippen LogP contribution in [0.5, 0.6) is 0 Å². The minimum absolute atomic E-state index is 0.0117. The van der Waals surface area contributed by atoms with Crippen molar-refractivity contribution < 1.29 is 4.79 Å². The number of nitrogens with zero attached hydrogens (tertiary/aromatic N) is 2. The number of thiophene rings is 1. The number of benzene rings is 1. The first-order valence-corrected chi connectivity index (χ1v) is 11.1. The van der Waals surface area contributed by atoms with Crippen molar-refractivity contribution in [3.05, 3.63) is 62.5 Å². The van der Waals surface area contributed by atoms with Crippen LogP contribution in [0.3, 0.4) is 0 Å². The number of nitrogens with one attached hydrogen (secondary N) is 1. The fourth-order valence-electron chi connectivity index (χ4n) is 4.07. The van der Waals surface area contributed by atoms with Crippen molar-refractivity contribution in [1.82, 2.24) is 14.9 Å². The second kappa shape index (κ2) is 8.11. The second-order valence-corrected chi connectivity index (χ2v) is 9.43. The standard InChI is InChI=1S/C23H27N3O2S/c1-14(2)11-16-7-9-17(10-8-16)15(3)25-20(27)12-26-13-24-22-21(23(26)28)18-5-4-6-19(18)29-22/h7-10,13-15H,4-6,11-12H2,1-3H3,(H,25,27)/t15-/m0/s1. The lowest BCUT2D eigenvalue weighted by Gasteiger charge is -2.16. The molecule has 1 aliphatic rings. The van der Waals surface area contributed by atoms with Crippen LogP contribution in [0.1, 0.15) is 54.8 Å². The number of hydrogen-bond donors (Lipinski definition) is 1. The van der Waals surface area contributed by atoms with Gasteiger partial charge in [0.2, 0.25) is 5.91 Å². The summed E-state index contributed by atoms with van der Waals surface area (Å²) >= 11 is 1.62. The minimum Gasteiger partial charge on any atom is -0.348 e. The van der Waals surface area contributed by atoms with Crippen molar-refractivity contribution in [3.63, 3.8) is 0 Å². The highest BCUT2D eigenvalue weighted by Gasteiger charge is 2.22. The summed E-state index contributed by atoms with van der Waals surface area (Å²) in [5.74, 6) is 0.436. The van der Waals surface area contributed by atoms with Gasteiger partial charge in [0.05, 0.1) is 17.8 Å². The first-order chi connectivity index (χ1) is 13.9. The van der Waals surface area contributed by atoms with Crippen LogP contribution in [0.25, 0.3) is 10.2 Å². The number of aromatic nitrogens is 2.